The Morgan fingerprint density at radius 2 is 2.04 bits per heavy atom. The zero-order chi connectivity index (χ0) is 17.9. The number of hydrogen-bond acceptors (Lipinski definition) is 6. The number of H-pyrrole nitrogens is 1. The highest BCUT2D eigenvalue weighted by Gasteiger charge is 2.45. The molecule has 1 aliphatic heterocycles. The van der Waals surface area contributed by atoms with Crippen molar-refractivity contribution in [2.75, 3.05) is 30.8 Å². The van der Waals surface area contributed by atoms with Crippen LogP contribution >= 0.6 is 0 Å². The number of aromatic amines is 1. The summed E-state index contributed by atoms with van der Waals surface area (Å²) >= 11 is 0. The van der Waals surface area contributed by atoms with Gasteiger partial charge in [-0.05, 0) is 37.7 Å². The first kappa shape index (κ1) is 16.5. The van der Waals surface area contributed by atoms with E-state index in [0.717, 1.165) is 42.8 Å². The largest absolute Gasteiger partial charge is 0.356 e. The van der Waals surface area contributed by atoms with Crippen molar-refractivity contribution >= 4 is 26.7 Å². The number of nitrogens with zero attached hydrogens (tertiary/aromatic N) is 4. The van der Waals surface area contributed by atoms with Gasteiger partial charge in [0.2, 0.25) is 0 Å². The van der Waals surface area contributed by atoms with E-state index in [-0.39, 0.29) is 11.2 Å². The lowest BCUT2D eigenvalue weighted by molar-refractivity contribution is 0.173. The molecule has 3 aliphatic rings. The third-order valence-electron chi connectivity index (χ3n) is 6.34. The minimum atomic E-state index is -2.95. The van der Waals surface area contributed by atoms with Crippen molar-refractivity contribution in [2.24, 2.45) is 5.92 Å². The molecule has 3 fully saturated rings. The number of sulfone groups is 1. The third kappa shape index (κ3) is 2.79. The normalized spacial score (nSPS) is 27.3. The van der Waals surface area contributed by atoms with Crippen molar-refractivity contribution < 1.29 is 8.42 Å². The standard InChI is InChI=1S/C18H25N5O2S/c1-22(18-16-4-5-19-17(16)20-11-21-18)14-6-12(7-14)10-26(24,25)15-8-23(9-15)13-2-3-13/h4-5,11-15H,2-3,6-10H2,1H3,(H,19,20,21). The van der Waals surface area contributed by atoms with Crippen LogP contribution in [0.1, 0.15) is 25.7 Å². The number of rotatable bonds is 6. The summed E-state index contributed by atoms with van der Waals surface area (Å²) in [6.07, 6.45) is 7.79. The van der Waals surface area contributed by atoms with Gasteiger partial charge in [-0.2, -0.15) is 0 Å². The van der Waals surface area contributed by atoms with Crippen LogP contribution in [0.5, 0.6) is 0 Å². The summed E-state index contributed by atoms with van der Waals surface area (Å²) in [6.45, 7) is 1.52. The van der Waals surface area contributed by atoms with Gasteiger partial charge in [-0.3, -0.25) is 4.90 Å². The third-order valence-corrected chi connectivity index (χ3v) is 8.59. The van der Waals surface area contributed by atoms with Crippen molar-refractivity contribution in [3.63, 3.8) is 0 Å². The molecule has 0 spiro atoms. The minimum absolute atomic E-state index is 0.124. The Bertz CT molecular complexity index is 911. The molecule has 0 atom stereocenters. The van der Waals surface area contributed by atoms with E-state index in [1.807, 2.05) is 19.3 Å². The topological polar surface area (TPSA) is 82.2 Å². The van der Waals surface area contributed by atoms with E-state index in [1.54, 1.807) is 6.33 Å². The number of anilines is 1. The van der Waals surface area contributed by atoms with Crippen molar-refractivity contribution in [1.82, 2.24) is 19.9 Å². The molecule has 8 heteroatoms. The molecule has 140 valence electrons. The second kappa shape index (κ2) is 5.92. The van der Waals surface area contributed by atoms with Crippen molar-refractivity contribution in [3.05, 3.63) is 18.6 Å². The summed E-state index contributed by atoms with van der Waals surface area (Å²) in [5, 5.41) is 0.891. The van der Waals surface area contributed by atoms with Crippen LogP contribution in [0.25, 0.3) is 11.0 Å². The first-order valence-corrected chi connectivity index (χ1v) is 11.2. The second-order valence-electron chi connectivity index (χ2n) is 8.18. The highest BCUT2D eigenvalue weighted by atomic mass is 32.2. The molecule has 2 aromatic heterocycles. The van der Waals surface area contributed by atoms with E-state index < -0.39 is 9.84 Å². The predicted octanol–water partition coefficient (Wildman–Crippen LogP) is 1.43. The summed E-state index contributed by atoms with van der Waals surface area (Å²) in [7, 11) is -0.907. The molecule has 0 aromatic carbocycles. The van der Waals surface area contributed by atoms with E-state index in [1.165, 1.54) is 12.8 Å². The van der Waals surface area contributed by atoms with Crippen molar-refractivity contribution in [3.8, 4) is 0 Å². The fourth-order valence-corrected chi connectivity index (χ4v) is 6.40. The summed E-state index contributed by atoms with van der Waals surface area (Å²) < 4.78 is 25.3. The number of nitrogens with one attached hydrogen (secondary N) is 1. The monoisotopic (exact) mass is 375 g/mol. The summed E-state index contributed by atoms with van der Waals surface area (Å²) in [4.78, 5) is 16.3. The Labute approximate surface area is 153 Å². The molecule has 2 aliphatic carbocycles. The van der Waals surface area contributed by atoms with E-state index in [4.69, 9.17) is 0 Å². The molecule has 3 heterocycles. The van der Waals surface area contributed by atoms with Gasteiger partial charge in [0.25, 0.3) is 0 Å². The SMILES string of the molecule is CN(c1ncnc2[nH]ccc12)C1CC(CS(=O)(=O)C2CN(C3CC3)C2)C1. The quantitative estimate of drug-likeness (QED) is 0.823. The Morgan fingerprint density at radius 1 is 1.27 bits per heavy atom. The summed E-state index contributed by atoms with van der Waals surface area (Å²) in [5.41, 5.74) is 0.838. The lowest BCUT2D eigenvalue weighted by Crippen LogP contribution is -2.57. The van der Waals surface area contributed by atoms with Gasteiger partial charge in [0, 0.05) is 38.4 Å². The number of aromatic nitrogens is 3. The van der Waals surface area contributed by atoms with Crippen molar-refractivity contribution in [2.45, 2.75) is 43.0 Å². The van der Waals surface area contributed by atoms with Crippen LogP contribution in [0.3, 0.4) is 0 Å². The molecule has 0 amide bonds. The predicted molar refractivity (Wildman–Crippen MR) is 101 cm³/mol. The molecule has 5 rings (SSSR count). The lowest BCUT2D eigenvalue weighted by atomic mass is 9.81. The van der Waals surface area contributed by atoms with E-state index in [9.17, 15) is 8.42 Å². The zero-order valence-corrected chi connectivity index (χ0v) is 15.8. The highest BCUT2D eigenvalue weighted by molar-refractivity contribution is 7.92. The van der Waals surface area contributed by atoms with Gasteiger partial charge in [-0.25, -0.2) is 18.4 Å². The minimum Gasteiger partial charge on any atom is -0.356 e. The fourth-order valence-electron chi connectivity index (χ4n) is 4.36. The summed E-state index contributed by atoms with van der Waals surface area (Å²) in [5.74, 6) is 1.55. The van der Waals surface area contributed by atoms with Crippen molar-refractivity contribution in [1.29, 1.82) is 0 Å². The maximum atomic E-state index is 12.6. The highest BCUT2D eigenvalue weighted by Crippen LogP contribution is 2.38. The summed E-state index contributed by atoms with van der Waals surface area (Å²) in [6, 6.07) is 3.03. The molecule has 0 unspecified atom stereocenters. The molecule has 0 radical (unpaired) electrons. The number of fused-ring (bicyclic) bond motifs is 1. The van der Waals surface area contributed by atoms with Crippen LogP contribution in [0.15, 0.2) is 18.6 Å². The van der Waals surface area contributed by atoms with Crippen LogP contribution in [0.4, 0.5) is 5.82 Å². The average Bonchev–Trinajstić information content (AvgIpc) is 3.22. The van der Waals surface area contributed by atoms with Crippen LogP contribution in [0, 0.1) is 5.92 Å². The number of likely N-dealkylation sites (tertiary alicyclic amines) is 1. The van der Waals surface area contributed by atoms with Crippen LogP contribution in [0.2, 0.25) is 0 Å². The molecular weight excluding hydrogens is 350 g/mol. The van der Waals surface area contributed by atoms with Crippen LogP contribution < -0.4 is 4.90 Å². The molecule has 2 aromatic rings. The fraction of sp³-hybridized carbons (Fsp3) is 0.667. The zero-order valence-electron chi connectivity index (χ0n) is 15.0. The Morgan fingerprint density at radius 3 is 2.77 bits per heavy atom. The Balaban J connectivity index is 1.18. The first-order valence-electron chi connectivity index (χ1n) is 9.48. The average molecular weight is 375 g/mol. The molecule has 7 nitrogen and oxygen atoms in total. The van der Waals surface area contributed by atoms with Gasteiger partial charge >= 0.3 is 0 Å². The van der Waals surface area contributed by atoms with Crippen LogP contribution in [-0.2, 0) is 9.84 Å². The van der Waals surface area contributed by atoms with Gasteiger partial charge in [0.1, 0.15) is 17.8 Å². The van der Waals surface area contributed by atoms with Gasteiger partial charge in [-0.15, -0.1) is 0 Å². The Kier molecular flexibility index (Phi) is 3.76. The Hall–Kier alpha value is -1.67. The first-order chi connectivity index (χ1) is 12.5. The molecule has 0 bridgehead atoms. The van der Waals surface area contributed by atoms with Crippen LogP contribution in [-0.4, -0.2) is 71.5 Å². The van der Waals surface area contributed by atoms with E-state index in [2.05, 4.69) is 24.8 Å². The maximum Gasteiger partial charge on any atom is 0.155 e. The second-order valence-corrected chi connectivity index (χ2v) is 10.5. The molecule has 26 heavy (non-hydrogen) atoms. The smallest absolute Gasteiger partial charge is 0.155 e. The van der Waals surface area contributed by atoms with Gasteiger partial charge < -0.3 is 9.88 Å². The van der Waals surface area contributed by atoms with Gasteiger partial charge in [-0.1, -0.05) is 0 Å². The molecule has 1 N–H and O–H groups in total. The number of hydrogen-bond donors (Lipinski definition) is 1. The molecule has 2 saturated carbocycles. The van der Waals surface area contributed by atoms with Gasteiger partial charge in [0.15, 0.2) is 9.84 Å². The van der Waals surface area contributed by atoms with E-state index in [0.29, 0.717) is 17.8 Å². The van der Waals surface area contributed by atoms with E-state index >= 15 is 0 Å². The van der Waals surface area contributed by atoms with Gasteiger partial charge in [0.05, 0.1) is 16.4 Å². The molecular formula is C18H25N5O2S. The maximum absolute atomic E-state index is 12.6. The molecule has 1 saturated heterocycles. The lowest BCUT2D eigenvalue weighted by Gasteiger charge is -2.44.